The molecule has 1 saturated carbocycles. The van der Waals surface area contributed by atoms with Crippen LogP contribution >= 0.6 is 23.2 Å². The Balaban J connectivity index is 1.54. The average Bonchev–Trinajstić information content (AvgIpc) is 4.02. The molecule has 1 saturated heterocycles. The third-order valence-corrected chi connectivity index (χ3v) is 10.2. The second-order valence-electron chi connectivity index (χ2n) is 14.3. The number of urea groups is 1. The lowest BCUT2D eigenvalue weighted by atomic mass is 10.0. The summed E-state index contributed by atoms with van der Waals surface area (Å²) in [6.45, 7) is 10.3. The lowest BCUT2D eigenvalue weighted by Gasteiger charge is -2.38. The number of nitrogens with one attached hydrogen (secondary N) is 1. The predicted molar refractivity (Wildman–Crippen MR) is 216 cm³/mol. The molecule has 1 aliphatic carbocycles. The number of carboxylic acid groups (broad SMARTS) is 1. The molecule has 16 nitrogen and oxygen atoms in total. The van der Waals surface area contributed by atoms with E-state index in [0.29, 0.717) is 17.0 Å². The largest absolute Gasteiger partial charge is 0.495 e. The number of rotatable bonds is 11. The summed E-state index contributed by atoms with van der Waals surface area (Å²) >= 11 is 13.0. The topological polar surface area (TPSA) is 170 Å². The zero-order valence-electron chi connectivity index (χ0n) is 32.3. The number of amides is 5. The van der Waals surface area contributed by atoms with E-state index in [1.54, 1.807) is 32.9 Å². The molecule has 2 N–H and O–H groups in total. The van der Waals surface area contributed by atoms with Gasteiger partial charge in [-0.3, -0.25) is 9.69 Å². The van der Waals surface area contributed by atoms with Crippen LogP contribution in [0, 0.1) is 0 Å². The Bertz CT molecular complexity index is 1970. The number of methoxy groups -OCH3 is 2. The van der Waals surface area contributed by atoms with Crippen molar-refractivity contribution < 1.29 is 38.5 Å². The number of aromatic nitrogens is 2. The van der Waals surface area contributed by atoms with Crippen molar-refractivity contribution in [2.24, 2.45) is 0 Å². The molecule has 1 aromatic heterocycles. The number of piperidine rings is 1. The summed E-state index contributed by atoms with van der Waals surface area (Å²) in [7, 11) is 6.06. The van der Waals surface area contributed by atoms with Crippen molar-refractivity contribution in [1.29, 1.82) is 0 Å². The minimum atomic E-state index is -1.73. The molecule has 2 aromatic carbocycles. The zero-order valence-corrected chi connectivity index (χ0v) is 33.8. The fourth-order valence-corrected chi connectivity index (χ4v) is 7.04. The summed E-state index contributed by atoms with van der Waals surface area (Å²) in [5.41, 5.74) is -0.0967. The van der Waals surface area contributed by atoms with Crippen molar-refractivity contribution in [3.05, 3.63) is 59.4 Å². The van der Waals surface area contributed by atoms with E-state index >= 15 is 0 Å². The number of carbonyl (C=O) groups is 4. The first-order valence-corrected chi connectivity index (χ1v) is 18.5. The zero-order chi connectivity index (χ0) is 41.1. The molecule has 0 radical (unpaired) electrons. The van der Waals surface area contributed by atoms with Gasteiger partial charge in [0.1, 0.15) is 50.8 Å². The van der Waals surface area contributed by atoms with Crippen LogP contribution in [0.15, 0.2) is 49.3 Å². The highest BCUT2D eigenvalue weighted by Crippen LogP contribution is 2.47. The third-order valence-electron chi connectivity index (χ3n) is 9.42. The highest BCUT2D eigenvalue weighted by molar-refractivity contribution is 6.43. The summed E-state index contributed by atoms with van der Waals surface area (Å²) < 4.78 is 16.3. The molecule has 2 aliphatic rings. The Morgan fingerprint density at radius 3 is 2.05 bits per heavy atom. The first-order valence-electron chi connectivity index (χ1n) is 17.8. The third kappa shape index (κ3) is 9.20. The van der Waals surface area contributed by atoms with Crippen LogP contribution in [0.1, 0.15) is 46.5 Å². The summed E-state index contributed by atoms with van der Waals surface area (Å²) in [6, 6.07) is 7.93. The number of hydrogen-bond donors (Lipinski definition) is 2. The monoisotopic (exact) mass is 812 g/mol. The lowest BCUT2D eigenvalue weighted by Crippen LogP contribution is -2.45. The van der Waals surface area contributed by atoms with E-state index in [-0.39, 0.29) is 44.6 Å². The minimum Gasteiger partial charge on any atom is -0.495 e. The minimum absolute atomic E-state index is 0.00188. The van der Waals surface area contributed by atoms with Crippen LogP contribution in [-0.4, -0.2) is 103 Å². The molecule has 0 spiro atoms. The Hall–Kier alpha value is -5.32. The molecule has 5 rings (SSSR count). The lowest BCUT2D eigenvalue weighted by molar-refractivity contribution is -0.111. The van der Waals surface area contributed by atoms with Gasteiger partial charge < -0.3 is 34.4 Å². The number of hydrogen-bond acceptors (Lipinski definition) is 11. The van der Waals surface area contributed by atoms with Crippen molar-refractivity contribution in [2.75, 3.05) is 66.3 Å². The van der Waals surface area contributed by atoms with Crippen LogP contribution < -0.4 is 34.4 Å². The first kappa shape index (κ1) is 41.8. The maximum atomic E-state index is 14.1. The summed E-state index contributed by atoms with van der Waals surface area (Å²) in [4.78, 5) is 69.1. The molecule has 2 heterocycles. The summed E-state index contributed by atoms with van der Waals surface area (Å²) in [5.74, 6) is -0.730. The van der Waals surface area contributed by atoms with Crippen molar-refractivity contribution >= 4 is 81.7 Å². The van der Waals surface area contributed by atoms with Gasteiger partial charge in [0.05, 0.1) is 25.6 Å². The van der Waals surface area contributed by atoms with Gasteiger partial charge in [0, 0.05) is 50.0 Å². The summed E-state index contributed by atoms with van der Waals surface area (Å²) in [5, 5.41) is 12.6. The van der Waals surface area contributed by atoms with Crippen molar-refractivity contribution in [2.45, 2.75) is 64.1 Å². The van der Waals surface area contributed by atoms with Gasteiger partial charge in [0.2, 0.25) is 5.91 Å². The van der Waals surface area contributed by atoms with Gasteiger partial charge in [-0.2, -0.15) is 4.90 Å². The Labute approximate surface area is 335 Å². The molecule has 3 aromatic rings. The first-order chi connectivity index (χ1) is 26.5. The van der Waals surface area contributed by atoms with E-state index in [4.69, 9.17) is 37.4 Å². The van der Waals surface area contributed by atoms with Crippen LogP contribution in [0.4, 0.5) is 48.8 Å². The van der Waals surface area contributed by atoms with Gasteiger partial charge in [-0.25, -0.2) is 29.3 Å². The molecule has 0 atom stereocenters. The molecule has 0 bridgehead atoms. The number of carbonyl (C=O) groups excluding carboxylic acids is 3. The predicted octanol–water partition coefficient (Wildman–Crippen LogP) is 7.80. The van der Waals surface area contributed by atoms with E-state index < -0.39 is 35.4 Å². The summed E-state index contributed by atoms with van der Waals surface area (Å²) in [6.07, 6.45) is 4.04. The molecule has 1 aliphatic heterocycles. The number of ether oxygens (including phenoxy) is 3. The highest BCUT2D eigenvalue weighted by atomic mass is 35.5. The van der Waals surface area contributed by atoms with E-state index in [0.717, 1.165) is 53.8 Å². The van der Waals surface area contributed by atoms with E-state index in [1.807, 2.05) is 6.07 Å². The maximum absolute atomic E-state index is 14.1. The molecule has 56 heavy (non-hydrogen) atoms. The van der Waals surface area contributed by atoms with Crippen molar-refractivity contribution in [1.82, 2.24) is 14.9 Å². The van der Waals surface area contributed by atoms with Crippen LogP contribution in [0.25, 0.3) is 0 Å². The van der Waals surface area contributed by atoms with E-state index in [2.05, 4.69) is 38.7 Å². The number of nitrogens with zero attached hydrogens (tertiary/aromatic N) is 7. The van der Waals surface area contributed by atoms with Gasteiger partial charge in [0.15, 0.2) is 0 Å². The second kappa shape index (κ2) is 17.2. The Morgan fingerprint density at radius 1 is 0.929 bits per heavy atom. The molecular weight excluding hydrogens is 767 g/mol. The standard InChI is InChI=1S/C38H46Cl2N8O8/c1-9-31(49)43-25-18-24(46-16-14-23(15-17-46)44(5)22-10-11-22)12-13-26(25)47(37(53)56-38(2,3)4)30-20-29(41-21-42-30)45(6)35(50)48(36(51)52)34-32(39)27(54-7)19-28(55-8)33(34)40/h9,12-13,18-23H,1,10-11,14-17H2,2-8H3,(H,43,49)(H,51,52). The van der Waals surface area contributed by atoms with E-state index in [1.165, 1.54) is 46.2 Å². The quantitative estimate of drug-likeness (QED) is 0.180. The fourth-order valence-electron chi connectivity index (χ4n) is 6.37. The number of benzene rings is 2. The SMILES string of the molecule is C=CC(=O)Nc1cc(N2CCC(N(C)C3CC3)CC2)ccc1N(C(=O)OC(C)(C)C)c1cc(N(C)C(=O)N(C(=O)O)c2c(Cl)c(OC)cc(OC)c2Cl)ncn1. The smallest absolute Gasteiger partial charge is 0.420 e. The van der Waals surface area contributed by atoms with Gasteiger partial charge in [-0.05, 0) is 77.8 Å². The van der Waals surface area contributed by atoms with Crippen molar-refractivity contribution in [3.8, 4) is 11.5 Å². The second-order valence-corrected chi connectivity index (χ2v) is 15.0. The molecule has 300 valence electrons. The average molecular weight is 814 g/mol. The molecule has 0 unspecified atom stereocenters. The van der Waals surface area contributed by atoms with Crippen LogP contribution in [0.3, 0.4) is 0 Å². The number of anilines is 6. The van der Waals surface area contributed by atoms with Crippen LogP contribution in [0.5, 0.6) is 11.5 Å². The van der Waals surface area contributed by atoms with Gasteiger partial charge >= 0.3 is 18.2 Å². The van der Waals surface area contributed by atoms with Crippen molar-refractivity contribution in [3.63, 3.8) is 0 Å². The number of imide groups is 1. The normalized spacial score (nSPS) is 14.5. The molecular formula is C38H46Cl2N8O8. The molecule has 18 heteroatoms. The Kier molecular flexibility index (Phi) is 12.9. The van der Waals surface area contributed by atoms with Gasteiger partial charge in [-0.1, -0.05) is 29.8 Å². The fraction of sp³-hybridized carbons (Fsp3) is 0.421. The maximum Gasteiger partial charge on any atom is 0.420 e. The highest BCUT2D eigenvalue weighted by Gasteiger charge is 2.36. The molecule has 2 fully saturated rings. The van der Waals surface area contributed by atoms with Crippen LogP contribution in [-0.2, 0) is 9.53 Å². The van der Waals surface area contributed by atoms with Gasteiger partial charge in [-0.15, -0.1) is 0 Å². The molecule has 5 amide bonds. The van der Waals surface area contributed by atoms with Gasteiger partial charge in [0.25, 0.3) is 0 Å². The van der Waals surface area contributed by atoms with Crippen LogP contribution in [0.2, 0.25) is 10.0 Å². The van der Waals surface area contributed by atoms with E-state index in [9.17, 15) is 24.3 Å². The Morgan fingerprint density at radius 2 is 1.52 bits per heavy atom. The number of halogens is 2.